The fraction of sp³-hybridized carbons (Fsp3) is 0.118. The molecule has 0 bridgehead atoms. The number of imidazole rings is 1. The van der Waals surface area contributed by atoms with Crippen molar-refractivity contribution in [2.75, 3.05) is 13.1 Å². The number of ether oxygens (including phenoxy) is 1. The number of hydrogen-bond acceptors (Lipinski definition) is 4. The summed E-state index contributed by atoms with van der Waals surface area (Å²) >= 11 is 0. The fourth-order valence-corrected chi connectivity index (χ4v) is 2.15. The highest BCUT2D eigenvalue weighted by Gasteiger charge is 2.07. The number of benzene rings is 2. The van der Waals surface area contributed by atoms with E-state index >= 15 is 0 Å². The van der Waals surface area contributed by atoms with Crippen molar-refractivity contribution >= 4 is 23.0 Å². The van der Waals surface area contributed by atoms with Crippen LogP contribution in [0.5, 0.6) is 5.75 Å². The van der Waals surface area contributed by atoms with Crippen LogP contribution in [-0.4, -0.2) is 35.1 Å². The van der Waals surface area contributed by atoms with E-state index in [0.717, 1.165) is 11.0 Å². The lowest BCUT2D eigenvalue weighted by atomic mass is 10.2. The van der Waals surface area contributed by atoms with Crippen molar-refractivity contribution in [2.45, 2.75) is 0 Å². The third-order valence-corrected chi connectivity index (χ3v) is 3.32. The second-order valence-electron chi connectivity index (χ2n) is 5.02. The van der Waals surface area contributed by atoms with E-state index in [1.807, 2.05) is 6.07 Å². The summed E-state index contributed by atoms with van der Waals surface area (Å²) in [5, 5.41) is 5.30. The molecule has 0 unspecified atom stereocenters. The highest BCUT2D eigenvalue weighted by Crippen LogP contribution is 2.11. The van der Waals surface area contributed by atoms with Gasteiger partial charge in [0, 0.05) is 18.7 Å². The molecule has 0 spiro atoms. The molecule has 0 aliphatic carbocycles. The number of fused-ring (bicyclic) bond motifs is 1. The van der Waals surface area contributed by atoms with Gasteiger partial charge in [-0.2, -0.15) is 0 Å². The molecule has 7 heteroatoms. The number of hydrogen-bond donors (Lipinski definition) is 3. The zero-order chi connectivity index (χ0) is 16.8. The van der Waals surface area contributed by atoms with E-state index in [0.29, 0.717) is 17.9 Å². The molecular formula is C17H16N4O3. The molecule has 24 heavy (non-hydrogen) atoms. The molecule has 2 amide bonds. The smallest absolute Gasteiger partial charge is 0.410 e. The number of aromatic nitrogens is 2. The predicted octanol–water partition coefficient (Wildman–Crippen LogP) is 2.08. The van der Waals surface area contributed by atoms with Gasteiger partial charge in [-0.05, 0) is 30.3 Å². The third kappa shape index (κ3) is 3.89. The third-order valence-electron chi connectivity index (χ3n) is 3.32. The normalized spacial score (nSPS) is 10.3. The first kappa shape index (κ1) is 15.5. The lowest BCUT2D eigenvalue weighted by Gasteiger charge is -2.08. The van der Waals surface area contributed by atoms with Gasteiger partial charge in [-0.1, -0.05) is 18.2 Å². The van der Waals surface area contributed by atoms with Gasteiger partial charge in [0.1, 0.15) is 5.75 Å². The Bertz CT molecular complexity index is 845. The van der Waals surface area contributed by atoms with Gasteiger partial charge in [0.2, 0.25) is 0 Å². The minimum absolute atomic E-state index is 0.218. The monoisotopic (exact) mass is 324 g/mol. The number of nitrogens with zero attached hydrogens (tertiary/aromatic N) is 1. The summed E-state index contributed by atoms with van der Waals surface area (Å²) in [7, 11) is 0. The maximum absolute atomic E-state index is 12.1. The van der Waals surface area contributed by atoms with Crippen LogP contribution in [0.15, 0.2) is 54.9 Å². The molecule has 122 valence electrons. The van der Waals surface area contributed by atoms with Gasteiger partial charge in [-0.3, -0.25) is 4.79 Å². The Labute approximate surface area is 138 Å². The minimum atomic E-state index is -0.561. The highest BCUT2D eigenvalue weighted by molar-refractivity contribution is 5.97. The van der Waals surface area contributed by atoms with Crippen LogP contribution in [0.1, 0.15) is 10.4 Å². The van der Waals surface area contributed by atoms with Gasteiger partial charge in [-0.15, -0.1) is 0 Å². The Morgan fingerprint density at radius 3 is 2.67 bits per heavy atom. The van der Waals surface area contributed by atoms with E-state index in [1.54, 1.807) is 48.8 Å². The van der Waals surface area contributed by atoms with Crippen molar-refractivity contribution in [3.05, 3.63) is 60.4 Å². The molecule has 3 rings (SSSR count). The SMILES string of the molecule is O=C(NCCNC(=O)c1ccc2nc[nH]c2c1)Oc1ccccc1. The van der Waals surface area contributed by atoms with Crippen molar-refractivity contribution in [1.29, 1.82) is 0 Å². The van der Waals surface area contributed by atoms with E-state index in [1.165, 1.54) is 0 Å². The zero-order valence-corrected chi connectivity index (χ0v) is 12.8. The van der Waals surface area contributed by atoms with Crippen LogP contribution in [0.25, 0.3) is 11.0 Å². The topological polar surface area (TPSA) is 96.1 Å². The maximum Gasteiger partial charge on any atom is 0.412 e. The van der Waals surface area contributed by atoms with Gasteiger partial charge in [-0.25, -0.2) is 9.78 Å². The van der Waals surface area contributed by atoms with Gasteiger partial charge in [0.25, 0.3) is 5.91 Å². The van der Waals surface area contributed by atoms with Crippen LogP contribution in [-0.2, 0) is 0 Å². The van der Waals surface area contributed by atoms with E-state index in [2.05, 4.69) is 20.6 Å². The Morgan fingerprint density at radius 1 is 1.04 bits per heavy atom. The lowest BCUT2D eigenvalue weighted by molar-refractivity contribution is 0.0953. The summed E-state index contributed by atoms with van der Waals surface area (Å²) < 4.78 is 5.07. The summed E-state index contributed by atoms with van der Waals surface area (Å²) in [4.78, 5) is 30.7. The average Bonchev–Trinajstić information content (AvgIpc) is 3.07. The molecule has 3 aromatic rings. The quantitative estimate of drug-likeness (QED) is 0.626. The number of carbonyl (C=O) groups excluding carboxylic acids is 2. The van der Waals surface area contributed by atoms with Crippen LogP contribution in [0.3, 0.4) is 0 Å². The van der Waals surface area contributed by atoms with Crippen LogP contribution >= 0.6 is 0 Å². The van der Waals surface area contributed by atoms with Gasteiger partial charge >= 0.3 is 6.09 Å². The summed E-state index contributed by atoms with van der Waals surface area (Å²) in [6.45, 7) is 0.563. The molecule has 3 N–H and O–H groups in total. The van der Waals surface area contributed by atoms with Gasteiger partial charge in [0.15, 0.2) is 0 Å². The van der Waals surface area contributed by atoms with Crippen molar-refractivity contribution in [3.8, 4) is 5.75 Å². The van der Waals surface area contributed by atoms with Crippen molar-refractivity contribution in [2.24, 2.45) is 0 Å². The largest absolute Gasteiger partial charge is 0.412 e. The van der Waals surface area contributed by atoms with Crippen molar-refractivity contribution in [1.82, 2.24) is 20.6 Å². The van der Waals surface area contributed by atoms with Crippen LogP contribution < -0.4 is 15.4 Å². The second kappa shape index (κ2) is 7.28. The minimum Gasteiger partial charge on any atom is -0.410 e. The predicted molar refractivity (Wildman–Crippen MR) is 88.9 cm³/mol. The van der Waals surface area contributed by atoms with E-state index in [4.69, 9.17) is 4.74 Å². The van der Waals surface area contributed by atoms with Crippen LogP contribution in [0.4, 0.5) is 4.79 Å². The molecule has 0 radical (unpaired) electrons. The maximum atomic E-state index is 12.1. The van der Waals surface area contributed by atoms with Crippen molar-refractivity contribution in [3.63, 3.8) is 0 Å². The molecule has 0 aliphatic rings. The summed E-state index contributed by atoms with van der Waals surface area (Å²) in [5.74, 6) is 0.247. The molecular weight excluding hydrogens is 308 g/mol. The molecule has 0 saturated heterocycles. The molecule has 2 aromatic carbocycles. The first-order valence-electron chi connectivity index (χ1n) is 7.44. The zero-order valence-electron chi connectivity index (χ0n) is 12.8. The van der Waals surface area contributed by atoms with Gasteiger partial charge < -0.3 is 20.4 Å². The molecule has 0 atom stereocenters. The van der Waals surface area contributed by atoms with Crippen molar-refractivity contribution < 1.29 is 14.3 Å². The Balaban J connectivity index is 1.42. The molecule has 0 fully saturated rings. The average molecular weight is 324 g/mol. The molecule has 0 saturated carbocycles. The number of aromatic amines is 1. The second-order valence-corrected chi connectivity index (χ2v) is 5.02. The first-order valence-corrected chi connectivity index (χ1v) is 7.44. The highest BCUT2D eigenvalue weighted by atomic mass is 16.6. The molecule has 1 aromatic heterocycles. The lowest BCUT2D eigenvalue weighted by Crippen LogP contribution is -2.36. The van der Waals surface area contributed by atoms with Crippen LogP contribution in [0, 0.1) is 0 Å². The summed E-state index contributed by atoms with van der Waals surface area (Å²) in [6.07, 6.45) is 1.02. The number of H-pyrrole nitrogens is 1. The first-order chi connectivity index (χ1) is 11.7. The van der Waals surface area contributed by atoms with E-state index in [9.17, 15) is 9.59 Å². The summed E-state index contributed by atoms with van der Waals surface area (Å²) in [6, 6.07) is 14.0. The number of para-hydroxylation sites is 1. The number of amides is 2. The molecule has 1 heterocycles. The molecule has 0 aliphatic heterocycles. The Morgan fingerprint density at radius 2 is 1.83 bits per heavy atom. The fourth-order valence-electron chi connectivity index (χ4n) is 2.15. The molecule has 7 nitrogen and oxygen atoms in total. The Kier molecular flexibility index (Phi) is 4.71. The standard InChI is InChI=1S/C17H16N4O3/c22-16(12-6-7-14-15(10-12)21-11-20-14)18-8-9-19-17(23)24-13-4-2-1-3-5-13/h1-7,10-11H,8-9H2,(H,18,22)(H,19,23)(H,20,21). The van der Waals surface area contributed by atoms with Crippen LogP contribution in [0.2, 0.25) is 0 Å². The van der Waals surface area contributed by atoms with E-state index in [-0.39, 0.29) is 12.5 Å². The number of rotatable bonds is 5. The number of carbonyl (C=O) groups is 2. The Hall–Kier alpha value is -3.35. The summed E-state index contributed by atoms with van der Waals surface area (Å²) in [5.41, 5.74) is 2.13. The number of nitrogens with one attached hydrogen (secondary N) is 3. The van der Waals surface area contributed by atoms with Gasteiger partial charge in [0.05, 0.1) is 17.4 Å². The van der Waals surface area contributed by atoms with E-state index < -0.39 is 6.09 Å².